The highest BCUT2D eigenvalue weighted by molar-refractivity contribution is 7.15. The van der Waals surface area contributed by atoms with Crippen molar-refractivity contribution in [2.45, 2.75) is 20.3 Å². The highest BCUT2D eigenvalue weighted by atomic mass is 32.1. The largest absolute Gasteiger partial charge is 0.493 e. The normalized spacial score (nSPS) is 10.8. The summed E-state index contributed by atoms with van der Waals surface area (Å²) in [7, 11) is 1.44. The lowest BCUT2D eigenvalue weighted by Gasteiger charge is -2.11. The summed E-state index contributed by atoms with van der Waals surface area (Å²) in [5.41, 5.74) is 0.434. The highest BCUT2D eigenvalue weighted by Crippen LogP contribution is 2.29. The van der Waals surface area contributed by atoms with Crippen LogP contribution in [0, 0.1) is 11.3 Å². The Kier molecular flexibility index (Phi) is 8.12. The van der Waals surface area contributed by atoms with E-state index in [0.29, 0.717) is 28.6 Å². The minimum absolute atomic E-state index is 0.111. The van der Waals surface area contributed by atoms with Crippen molar-refractivity contribution >= 4 is 34.4 Å². The molecule has 0 saturated carbocycles. The van der Waals surface area contributed by atoms with Crippen molar-refractivity contribution in [3.8, 4) is 17.6 Å². The predicted octanol–water partition coefficient (Wildman–Crippen LogP) is 2.60. The van der Waals surface area contributed by atoms with Gasteiger partial charge in [-0.05, 0) is 37.1 Å². The molecule has 2 aromatic rings. The molecule has 0 saturated heterocycles. The van der Waals surface area contributed by atoms with Crippen LogP contribution >= 0.6 is 11.3 Å². The minimum Gasteiger partial charge on any atom is -0.493 e. The van der Waals surface area contributed by atoms with Crippen molar-refractivity contribution in [3.63, 3.8) is 0 Å². The number of amides is 1. The fourth-order valence-corrected chi connectivity index (χ4v) is 2.83. The van der Waals surface area contributed by atoms with E-state index < -0.39 is 11.9 Å². The number of hydrogen-bond donors (Lipinski definition) is 1. The molecule has 2 rings (SSSR count). The number of aromatic nitrogens is 2. The van der Waals surface area contributed by atoms with Crippen LogP contribution in [0.15, 0.2) is 23.8 Å². The molecular formula is C19H20N4O5S. The van der Waals surface area contributed by atoms with Crippen LogP contribution in [-0.2, 0) is 20.7 Å². The fraction of sp³-hybridized carbons (Fsp3) is 0.316. The Morgan fingerprint density at radius 2 is 2.07 bits per heavy atom. The van der Waals surface area contributed by atoms with Gasteiger partial charge in [-0.2, -0.15) is 5.26 Å². The van der Waals surface area contributed by atoms with Crippen molar-refractivity contribution in [2.24, 2.45) is 0 Å². The Bertz CT molecular complexity index is 948. The average molecular weight is 416 g/mol. The molecule has 0 aliphatic heterocycles. The van der Waals surface area contributed by atoms with E-state index in [9.17, 15) is 14.9 Å². The van der Waals surface area contributed by atoms with Crippen LogP contribution < -0.4 is 14.8 Å². The van der Waals surface area contributed by atoms with Crippen molar-refractivity contribution in [3.05, 3.63) is 34.3 Å². The zero-order chi connectivity index (χ0) is 21.2. The minimum atomic E-state index is -0.590. The topological polar surface area (TPSA) is 123 Å². The molecule has 152 valence electrons. The molecule has 29 heavy (non-hydrogen) atoms. The van der Waals surface area contributed by atoms with E-state index >= 15 is 0 Å². The summed E-state index contributed by atoms with van der Waals surface area (Å²) in [4.78, 5) is 23.8. The number of aryl methyl sites for hydroxylation is 1. The van der Waals surface area contributed by atoms with Gasteiger partial charge in [-0.25, -0.2) is 4.79 Å². The first-order chi connectivity index (χ1) is 14.0. The summed E-state index contributed by atoms with van der Waals surface area (Å²) in [6, 6.07) is 6.67. The molecule has 0 aliphatic carbocycles. The maximum absolute atomic E-state index is 12.3. The third kappa shape index (κ3) is 6.29. The maximum atomic E-state index is 12.3. The van der Waals surface area contributed by atoms with Crippen LogP contribution in [-0.4, -0.2) is 42.4 Å². The van der Waals surface area contributed by atoms with Gasteiger partial charge in [0.15, 0.2) is 18.1 Å². The molecule has 0 fully saturated rings. The fourth-order valence-electron chi connectivity index (χ4n) is 2.16. The maximum Gasteiger partial charge on any atom is 0.344 e. The molecule has 1 aromatic heterocycles. The van der Waals surface area contributed by atoms with E-state index in [1.165, 1.54) is 24.5 Å². The molecule has 10 heteroatoms. The third-order valence-electron chi connectivity index (χ3n) is 3.50. The first-order valence-electron chi connectivity index (χ1n) is 8.72. The molecule has 9 nitrogen and oxygen atoms in total. The predicted molar refractivity (Wildman–Crippen MR) is 107 cm³/mol. The van der Waals surface area contributed by atoms with Gasteiger partial charge in [0.05, 0.1) is 13.7 Å². The van der Waals surface area contributed by atoms with Gasteiger partial charge in [0.25, 0.3) is 5.91 Å². The Morgan fingerprint density at radius 1 is 1.28 bits per heavy atom. The quantitative estimate of drug-likeness (QED) is 0.376. The molecule has 1 N–H and O–H groups in total. The van der Waals surface area contributed by atoms with Crippen molar-refractivity contribution in [2.75, 3.05) is 25.6 Å². The van der Waals surface area contributed by atoms with E-state index in [4.69, 9.17) is 14.2 Å². The number of rotatable bonds is 9. The molecule has 1 amide bonds. The average Bonchev–Trinajstić information content (AvgIpc) is 3.18. The number of carbonyl (C=O) groups excluding carboxylic acids is 2. The van der Waals surface area contributed by atoms with Crippen molar-refractivity contribution in [1.82, 2.24) is 10.2 Å². The number of nitrogens with zero attached hydrogens (tertiary/aromatic N) is 3. The van der Waals surface area contributed by atoms with Crippen LogP contribution in [0.3, 0.4) is 0 Å². The van der Waals surface area contributed by atoms with Crippen molar-refractivity contribution in [1.29, 1.82) is 5.26 Å². The summed E-state index contributed by atoms with van der Waals surface area (Å²) in [6.45, 7) is 3.64. The molecule has 0 atom stereocenters. The van der Waals surface area contributed by atoms with E-state index in [-0.39, 0.29) is 18.8 Å². The molecule has 1 heterocycles. The standard InChI is InChI=1S/C19H20N4O5S/c1-4-16-22-23-19(29-16)21-18(25)13(10-20)8-12-6-7-14(15(9-12)26-3)28-11-17(24)27-5-2/h6-9H,4-5,11H2,1-3H3,(H,21,23,25)/b13-8+. The molecule has 0 radical (unpaired) electrons. The summed E-state index contributed by atoms with van der Waals surface area (Å²) >= 11 is 1.25. The van der Waals surface area contributed by atoms with Gasteiger partial charge < -0.3 is 14.2 Å². The van der Waals surface area contributed by atoms with Crippen LogP contribution in [0.25, 0.3) is 6.08 Å². The lowest BCUT2D eigenvalue weighted by Crippen LogP contribution is -2.15. The number of esters is 1. The Labute approximate surface area is 171 Å². The van der Waals surface area contributed by atoms with E-state index in [1.807, 2.05) is 13.0 Å². The summed E-state index contributed by atoms with van der Waals surface area (Å²) in [6.07, 6.45) is 2.12. The summed E-state index contributed by atoms with van der Waals surface area (Å²) < 4.78 is 15.5. The second kappa shape index (κ2) is 10.8. The van der Waals surface area contributed by atoms with E-state index in [1.54, 1.807) is 25.1 Å². The summed E-state index contributed by atoms with van der Waals surface area (Å²) in [5, 5.41) is 20.8. The summed E-state index contributed by atoms with van der Waals surface area (Å²) in [5.74, 6) is -0.406. The van der Waals surface area contributed by atoms with E-state index in [0.717, 1.165) is 5.01 Å². The number of ether oxygens (including phenoxy) is 3. The smallest absolute Gasteiger partial charge is 0.344 e. The Hall–Kier alpha value is -3.45. The zero-order valence-electron chi connectivity index (χ0n) is 16.2. The lowest BCUT2D eigenvalue weighted by atomic mass is 10.1. The molecule has 1 aromatic carbocycles. The number of nitrogens with one attached hydrogen (secondary N) is 1. The third-order valence-corrected chi connectivity index (χ3v) is 4.49. The lowest BCUT2D eigenvalue weighted by molar-refractivity contribution is -0.145. The molecule has 0 bridgehead atoms. The number of methoxy groups -OCH3 is 1. The number of anilines is 1. The second-order valence-corrected chi connectivity index (χ2v) is 6.54. The van der Waals surface area contributed by atoms with Gasteiger partial charge in [-0.3, -0.25) is 10.1 Å². The van der Waals surface area contributed by atoms with Gasteiger partial charge in [0, 0.05) is 0 Å². The van der Waals surface area contributed by atoms with Crippen LogP contribution in [0.5, 0.6) is 11.5 Å². The van der Waals surface area contributed by atoms with Crippen molar-refractivity contribution < 1.29 is 23.8 Å². The second-order valence-electron chi connectivity index (χ2n) is 5.48. The molecule has 0 unspecified atom stereocenters. The molecular weight excluding hydrogens is 396 g/mol. The number of nitriles is 1. The number of benzene rings is 1. The van der Waals surface area contributed by atoms with Gasteiger partial charge in [0.2, 0.25) is 5.13 Å². The van der Waals surface area contributed by atoms with Crippen LogP contribution in [0.4, 0.5) is 5.13 Å². The Balaban J connectivity index is 2.14. The van der Waals surface area contributed by atoms with Crippen LogP contribution in [0.1, 0.15) is 24.4 Å². The van der Waals surface area contributed by atoms with E-state index in [2.05, 4.69) is 15.5 Å². The van der Waals surface area contributed by atoms with Gasteiger partial charge >= 0.3 is 5.97 Å². The highest BCUT2D eigenvalue weighted by Gasteiger charge is 2.14. The SMILES string of the molecule is CCOC(=O)COc1ccc(/C=C(\C#N)C(=O)Nc2nnc(CC)s2)cc1OC. The molecule has 0 aliphatic rings. The van der Waals surface area contributed by atoms with Crippen LogP contribution in [0.2, 0.25) is 0 Å². The number of carbonyl (C=O) groups is 2. The first kappa shape index (κ1) is 21.8. The molecule has 0 spiro atoms. The number of hydrogen-bond acceptors (Lipinski definition) is 9. The zero-order valence-corrected chi connectivity index (χ0v) is 17.0. The monoisotopic (exact) mass is 416 g/mol. The Morgan fingerprint density at radius 3 is 2.69 bits per heavy atom. The van der Waals surface area contributed by atoms with Gasteiger partial charge in [-0.1, -0.05) is 24.3 Å². The van der Waals surface area contributed by atoms with Gasteiger partial charge in [0.1, 0.15) is 16.6 Å². The van der Waals surface area contributed by atoms with Gasteiger partial charge in [-0.15, -0.1) is 10.2 Å². The first-order valence-corrected chi connectivity index (χ1v) is 9.54.